The Morgan fingerprint density at radius 3 is 2.47 bits per heavy atom. The molecule has 1 amide bonds. The molecule has 0 atom stereocenters. The van der Waals surface area contributed by atoms with Crippen molar-refractivity contribution in [2.45, 2.75) is 32.7 Å². The molecule has 0 unspecified atom stereocenters. The molecular formula is C13H21N3O. The zero-order valence-electron chi connectivity index (χ0n) is 10.9. The monoisotopic (exact) mass is 235 g/mol. The van der Waals surface area contributed by atoms with Crippen LogP contribution in [0.1, 0.15) is 37.6 Å². The number of amides is 1. The molecule has 0 aromatic heterocycles. The number of anilines is 2. The van der Waals surface area contributed by atoms with Crippen molar-refractivity contribution in [1.29, 1.82) is 0 Å². The van der Waals surface area contributed by atoms with E-state index in [2.05, 4.69) is 20.8 Å². The minimum absolute atomic E-state index is 0.0837. The zero-order valence-corrected chi connectivity index (χ0v) is 10.9. The number of nitrogens with zero attached hydrogens (tertiary/aromatic N) is 1. The molecule has 4 nitrogen and oxygen atoms in total. The predicted molar refractivity (Wildman–Crippen MR) is 72.1 cm³/mol. The molecule has 1 aromatic rings. The number of primary amides is 1. The molecule has 0 aliphatic heterocycles. The normalized spacial score (nSPS) is 11.3. The van der Waals surface area contributed by atoms with Crippen LogP contribution in [0.2, 0.25) is 0 Å². The second-order valence-corrected chi connectivity index (χ2v) is 4.83. The van der Waals surface area contributed by atoms with Gasteiger partial charge in [0.05, 0.1) is 16.9 Å². The minimum Gasteiger partial charge on any atom is -0.397 e. The van der Waals surface area contributed by atoms with Crippen LogP contribution >= 0.6 is 0 Å². The highest BCUT2D eigenvalue weighted by molar-refractivity contribution is 6.01. The summed E-state index contributed by atoms with van der Waals surface area (Å²) in [5.41, 5.74) is 13.0. The van der Waals surface area contributed by atoms with Gasteiger partial charge in [-0.05, 0) is 32.4 Å². The smallest absolute Gasteiger partial charge is 0.250 e. The number of benzene rings is 1. The van der Waals surface area contributed by atoms with Crippen molar-refractivity contribution >= 4 is 17.3 Å². The molecule has 1 rings (SSSR count). The van der Waals surface area contributed by atoms with Crippen molar-refractivity contribution in [2.24, 2.45) is 5.73 Å². The van der Waals surface area contributed by atoms with Crippen molar-refractivity contribution < 1.29 is 4.79 Å². The first-order valence-corrected chi connectivity index (χ1v) is 5.73. The molecule has 0 heterocycles. The molecule has 0 spiro atoms. The summed E-state index contributed by atoms with van der Waals surface area (Å²) < 4.78 is 0. The van der Waals surface area contributed by atoms with E-state index >= 15 is 0 Å². The minimum atomic E-state index is -0.453. The predicted octanol–water partition coefficient (Wildman–Crippen LogP) is 1.99. The average Bonchev–Trinajstić information content (AvgIpc) is 2.27. The third-order valence-electron chi connectivity index (χ3n) is 3.44. The van der Waals surface area contributed by atoms with Crippen molar-refractivity contribution in [1.82, 2.24) is 0 Å². The highest BCUT2D eigenvalue weighted by Gasteiger charge is 2.26. The fourth-order valence-corrected chi connectivity index (χ4v) is 1.67. The molecule has 0 aliphatic carbocycles. The number of hydrogen-bond donors (Lipinski definition) is 2. The summed E-state index contributed by atoms with van der Waals surface area (Å²) in [5, 5.41) is 0. The van der Waals surface area contributed by atoms with Gasteiger partial charge in [0, 0.05) is 12.6 Å². The topological polar surface area (TPSA) is 72.3 Å². The largest absolute Gasteiger partial charge is 0.397 e. The summed E-state index contributed by atoms with van der Waals surface area (Å²) in [6.45, 7) is 6.30. The van der Waals surface area contributed by atoms with E-state index in [4.69, 9.17) is 11.5 Å². The first-order chi connectivity index (χ1) is 7.81. The molecule has 0 radical (unpaired) electrons. The second kappa shape index (κ2) is 4.65. The third-order valence-corrected chi connectivity index (χ3v) is 3.44. The Morgan fingerprint density at radius 2 is 2.00 bits per heavy atom. The van der Waals surface area contributed by atoms with Crippen molar-refractivity contribution in [3.8, 4) is 0 Å². The number of carbonyl (C=O) groups excluding carboxylic acids is 1. The summed E-state index contributed by atoms with van der Waals surface area (Å²) in [5.74, 6) is -0.453. The average molecular weight is 235 g/mol. The van der Waals surface area contributed by atoms with Gasteiger partial charge in [0.25, 0.3) is 5.91 Å². The number of para-hydroxylation sites is 1. The molecule has 0 aliphatic rings. The highest BCUT2D eigenvalue weighted by Crippen LogP contribution is 2.32. The number of hydrogen-bond acceptors (Lipinski definition) is 3. The molecule has 4 N–H and O–H groups in total. The van der Waals surface area contributed by atoms with E-state index in [1.54, 1.807) is 18.2 Å². The molecule has 0 saturated carbocycles. The SMILES string of the molecule is CCC(C)(C)N(C)c1c(N)cccc1C(N)=O. The maximum Gasteiger partial charge on any atom is 0.250 e. The van der Waals surface area contributed by atoms with Crippen molar-refractivity contribution in [2.75, 3.05) is 17.7 Å². The van der Waals surface area contributed by atoms with Gasteiger partial charge in [0.15, 0.2) is 0 Å². The van der Waals surface area contributed by atoms with Crippen LogP contribution in [-0.4, -0.2) is 18.5 Å². The van der Waals surface area contributed by atoms with Crippen LogP contribution in [0.15, 0.2) is 18.2 Å². The Kier molecular flexibility index (Phi) is 3.66. The highest BCUT2D eigenvalue weighted by atomic mass is 16.1. The van der Waals surface area contributed by atoms with Gasteiger partial charge < -0.3 is 16.4 Å². The van der Waals surface area contributed by atoms with Gasteiger partial charge in [0.1, 0.15) is 0 Å². The first-order valence-electron chi connectivity index (χ1n) is 5.73. The van der Waals surface area contributed by atoms with Crippen LogP contribution in [0.5, 0.6) is 0 Å². The van der Waals surface area contributed by atoms with E-state index in [-0.39, 0.29) is 5.54 Å². The Bertz CT molecular complexity index is 427. The van der Waals surface area contributed by atoms with E-state index in [0.717, 1.165) is 6.42 Å². The Labute approximate surface area is 103 Å². The maximum atomic E-state index is 11.4. The van der Waals surface area contributed by atoms with E-state index in [1.165, 1.54) is 0 Å². The summed E-state index contributed by atoms with van der Waals surface area (Å²) >= 11 is 0. The number of nitrogen functional groups attached to an aromatic ring is 1. The summed E-state index contributed by atoms with van der Waals surface area (Å²) in [6, 6.07) is 5.23. The molecule has 0 bridgehead atoms. The van der Waals surface area contributed by atoms with Crippen LogP contribution in [0.3, 0.4) is 0 Å². The molecule has 4 heteroatoms. The third kappa shape index (κ3) is 2.52. The lowest BCUT2D eigenvalue weighted by Crippen LogP contribution is -2.42. The van der Waals surface area contributed by atoms with Crippen LogP contribution in [-0.2, 0) is 0 Å². The van der Waals surface area contributed by atoms with E-state index < -0.39 is 5.91 Å². The van der Waals surface area contributed by atoms with Crippen LogP contribution in [0.4, 0.5) is 11.4 Å². The summed E-state index contributed by atoms with van der Waals surface area (Å²) in [7, 11) is 1.93. The lowest BCUT2D eigenvalue weighted by Gasteiger charge is -2.38. The van der Waals surface area contributed by atoms with Gasteiger partial charge in [-0.25, -0.2) is 0 Å². The molecule has 0 saturated heterocycles. The Balaban J connectivity index is 3.34. The Hall–Kier alpha value is -1.71. The zero-order chi connectivity index (χ0) is 13.2. The van der Waals surface area contributed by atoms with Crippen LogP contribution in [0.25, 0.3) is 0 Å². The van der Waals surface area contributed by atoms with Gasteiger partial charge in [-0.2, -0.15) is 0 Å². The van der Waals surface area contributed by atoms with Crippen LogP contribution < -0.4 is 16.4 Å². The van der Waals surface area contributed by atoms with Gasteiger partial charge in [-0.3, -0.25) is 4.79 Å². The molecular weight excluding hydrogens is 214 g/mol. The van der Waals surface area contributed by atoms with Crippen LogP contribution in [0, 0.1) is 0 Å². The van der Waals surface area contributed by atoms with Gasteiger partial charge in [0.2, 0.25) is 0 Å². The van der Waals surface area contributed by atoms with Crippen molar-refractivity contribution in [3.05, 3.63) is 23.8 Å². The Morgan fingerprint density at radius 1 is 1.41 bits per heavy atom. The van der Waals surface area contributed by atoms with E-state index in [0.29, 0.717) is 16.9 Å². The molecule has 1 aromatic carbocycles. The van der Waals surface area contributed by atoms with Crippen molar-refractivity contribution in [3.63, 3.8) is 0 Å². The number of rotatable bonds is 4. The number of nitrogens with two attached hydrogens (primary N) is 2. The maximum absolute atomic E-state index is 11.4. The quantitative estimate of drug-likeness (QED) is 0.784. The first kappa shape index (κ1) is 13.4. The van der Waals surface area contributed by atoms with E-state index in [1.807, 2.05) is 11.9 Å². The lowest BCUT2D eigenvalue weighted by molar-refractivity contribution is 0.100. The van der Waals surface area contributed by atoms with Gasteiger partial charge in [-0.15, -0.1) is 0 Å². The fraction of sp³-hybridized carbons (Fsp3) is 0.462. The van der Waals surface area contributed by atoms with Gasteiger partial charge >= 0.3 is 0 Å². The lowest BCUT2D eigenvalue weighted by atomic mass is 9.97. The molecule has 17 heavy (non-hydrogen) atoms. The second-order valence-electron chi connectivity index (χ2n) is 4.83. The number of carbonyl (C=O) groups is 1. The molecule has 94 valence electrons. The molecule has 0 fully saturated rings. The summed E-state index contributed by atoms with van der Waals surface area (Å²) in [4.78, 5) is 13.5. The fourth-order valence-electron chi connectivity index (χ4n) is 1.67. The summed E-state index contributed by atoms with van der Waals surface area (Å²) in [6.07, 6.45) is 0.941. The standard InChI is InChI=1S/C13H21N3O/c1-5-13(2,3)16(4)11-9(12(15)17)7-6-8-10(11)14/h6-8H,5,14H2,1-4H3,(H2,15,17). The van der Waals surface area contributed by atoms with Gasteiger partial charge in [-0.1, -0.05) is 13.0 Å². The van der Waals surface area contributed by atoms with E-state index in [9.17, 15) is 4.79 Å².